The van der Waals surface area contributed by atoms with Crippen LogP contribution in [0, 0.1) is 11.6 Å². The summed E-state index contributed by atoms with van der Waals surface area (Å²) in [5.74, 6) is 0.769. The van der Waals surface area contributed by atoms with Crippen LogP contribution in [-0.4, -0.2) is 39.6 Å². The quantitative estimate of drug-likeness (QED) is 0.110. The number of carbonyl (C=O) groups excluding carboxylic acids is 1. The predicted octanol–water partition coefficient (Wildman–Crippen LogP) is 9.54. The maximum atomic E-state index is 13.5. The number of benzene rings is 4. The number of hydrogen-bond donors (Lipinski definition) is 1. The van der Waals surface area contributed by atoms with E-state index in [4.69, 9.17) is 32.7 Å². The molecule has 18 heteroatoms. The molecule has 4 aromatic carbocycles. The van der Waals surface area contributed by atoms with Crippen LogP contribution in [0.15, 0.2) is 135 Å². The van der Waals surface area contributed by atoms with Crippen LogP contribution < -0.4 is 32.0 Å². The SMILES string of the molecule is CCCCn1c(=O)c2c(C(O)c3ccc(F)cc3)c(Oc3ccc(Cl)cc3)cnc2n(C)c1=O.CCCCn1c(=O)c2cc(Oc3ccc(Cl)cc3)cnc2n(C)c1=O.O=Cc1ccc(F)cc1. The third-order valence-electron chi connectivity index (χ3n) is 10.5. The minimum atomic E-state index is -1.35. The lowest BCUT2D eigenvalue weighted by Gasteiger charge is -2.20. The molecule has 0 saturated heterocycles. The highest BCUT2D eigenvalue weighted by Crippen LogP contribution is 2.36. The number of ether oxygens (including phenoxy) is 2. The van der Waals surface area contributed by atoms with Crippen molar-refractivity contribution in [3.8, 4) is 23.0 Å². The molecule has 0 spiro atoms. The highest BCUT2D eigenvalue weighted by Gasteiger charge is 2.26. The molecule has 0 amide bonds. The largest absolute Gasteiger partial charge is 0.456 e. The minimum absolute atomic E-state index is 0.0569. The number of aryl methyl sites for hydroxylation is 2. The normalized spacial score (nSPS) is 11.3. The molecule has 0 aliphatic heterocycles. The Morgan fingerprint density at radius 3 is 1.66 bits per heavy atom. The van der Waals surface area contributed by atoms with E-state index in [1.807, 2.05) is 13.8 Å². The fourth-order valence-electron chi connectivity index (χ4n) is 6.88. The maximum Gasteiger partial charge on any atom is 0.332 e. The van der Waals surface area contributed by atoms with Crippen molar-refractivity contribution in [3.63, 3.8) is 0 Å². The fourth-order valence-corrected chi connectivity index (χ4v) is 7.13. The zero-order valence-electron chi connectivity index (χ0n) is 37.4. The van der Waals surface area contributed by atoms with E-state index in [0.717, 1.165) is 23.8 Å². The van der Waals surface area contributed by atoms with Crippen molar-refractivity contribution in [1.29, 1.82) is 0 Å². The van der Waals surface area contributed by atoms with Gasteiger partial charge in [-0.2, -0.15) is 0 Å². The van der Waals surface area contributed by atoms with Gasteiger partial charge in [-0.15, -0.1) is 0 Å². The van der Waals surface area contributed by atoms with E-state index < -0.39 is 23.2 Å². The zero-order chi connectivity index (χ0) is 49.1. The van der Waals surface area contributed by atoms with E-state index in [2.05, 4.69) is 9.97 Å². The summed E-state index contributed by atoms with van der Waals surface area (Å²) < 4.78 is 42.4. The zero-order valence-corrected chi connectivity index (χ0v) is 38.9. The van der Waals surface area contributed by atoms with Crippen LogP contribution in [0.1, 0.15) is 67.1 Å². The van der Waals surface area contributed by atoms with Gasteiger partial charge < -0.3 is 14.6 Å². The topological polar surface area (TPSA) is 170 Å². The lowest BCUT2D eigenvalue weighted by molar-refractivity contribution is 0.112. The number of unbranched alkanes of at least 4 members (excludes halogenated alkanes) is 2. The third-order valence-corrected chi connectivity index (χ3v) is 11.0. The summed E-state index contributed by atoms with van der Waals surface area (Å²) in [6, 6.07) is 25.7. The third kappa shape index (κ3) is 11.8. The summed E-state index contributed by atoms with van der Waals surface area (Å²) in [6.07, 6.45) is 5.25. The minimum Gasteiger partial charge on any atom is -0.456 e. The molecule has 68 heavy (non-hydrogen) atoms. The maximum absolute atomic E-state index is 13.5. The molecule has 4 aromatic heterocycles. The van der Waals surface area contributed by atoms with Crippen molar-refractivity contribution in [2.24, 2.45) is 14.1 Å². The van der Waals surface area contributed by atoms with Crippen LogP contribution in [0.3, 0.4) is 0 Å². The Morgan fingerprint density at radius 1 is 0.647 bits per heavy atom. The van der Waals surface area contributed by atoms with Crippen molar-refractivity contribution >= 4 is 51.6 Å². The molecule has 0 bridgehead atoms. The van der Waals surface area contributed by atoms with Gasteiger partial charge in [-0.3, -0.25) is 32.7 Å². The number of carbonyl (C=O) groups is 1. The van der Waals surface area contributed by atoms with Crippen LogP contribution in [0.2, 0.25) is 10.0 Å². The Kier molecular flexibility index (Phi) is 16.9. The molecule has 1 unspecified atom stereocenters. The monoisotopic (exact) mass is 966 g/mol. The standard InChI is InChI=1S/C25H23ClFN3O4.C18H18ClN3O3.C7H5FO/c1-3-4-13-30-24(32)21-20(22(31)15-5-9-17(27)10-6-15)19(14-28-23(21)29(2)25(30)33)34-18-11-7-16(26)8-12-18;1-3-4-9-22-17(23)15-10-14(11-20-16(15)21(2)18(22)24)25-13-7-5-12(19)6-8-13;8-7-3-1-6(5-9)2-4-7/h5-12,14,22,31H,3-4,13H2,1-2H3;5-8,10-11H,3-4,9H2,1-2H3;1-5H. The fraction of sp³-hybridized carbons (Fsp3) is 0.220. The molecule has 0 aliphatic carbocycles. The van der Waals surface area contributed by atoms with Crippen LogP contribution in [0.25, 0.3) is 22.1 Å². The number of rotatable bonds is 13. The van der Waals surface area contributed by atoms with Gasteiger partial charge in [0.15, 0.2) is 5.75 Å². The number of nitrogens with zero attached hydrogens (tertiary/aromatic N) is 6. The van der Waals surface area contributed by atoms with Gasteiger partial charge in [0.1, 0.15) is 52.6 Å². The summed E-state index contributed by atoms with van der Waals surface area (Å²) in [5.41, 5.74) is -0.333. The van der Waals surface area contributed by atoms with Crippen molar-refractivity contribution < 1.29 is 28.2 Å². The van der Waals surface area contributed by atoms with Gasteiger partial charge in [-0.25, -0.2) is 28.3 Å². The second-order valence-electron chi connectivity index (χ2n) is 15.3. The Balaban J connectivity index is 0.000000195. The van der Waals surface area contributed by atoms with Crippen LogP contribution in [0.5, 0.6) is 23.0 Å². The Hall–Kier alpha value is -7.27. The Morgan fingerprint density at radius 2 is 1.13 bits per heavy atom. The molecule has 14 nitrogen and oxygen atoms in total. The first-order chi connectivity index (χ1) is 32.6. The van der Waals surface area contributed by atoms with Crippen molar-refractivity contribution in [2.45, 2.75) is 58.7 Å². The predicted molar refractivity (Wildman–Crippen MR) is 258 cm³/mol. The molecule has 0 fully saturated rings. The summed E-state index contributed by atoms with van der Waals surface area (Å²) >= 11 is 11.8. The van der Waals surface area contributed by atoms with E-state index in [1.54, 1.807) is 61.6 Å². The Bertz CT molecular complexity index is 3290. The number of pyridine rings is 2. The number of halogens is 4. The van der Waals surface area contributed by atoms with Crippen molar-refractivity contribution in [3.05, 3.63) is 196 Å². The van der Waals surface area contributed by atoms with Gasteiger partial charge in [-0.1, -0.05) is 62.0 Å². The van der Waals surface area contributed by atoms with Gasteiger partial charge in [-0.05, 0) is 109 Å². The van der Waals surface area contributed by atoms with Crippen LogP contribution >= 0.6 is 23.2 Å². The van der Waals surface area contributed by atoms with E-state index in [9.17, 15) is 37.9 Å². The van der Waals surface area contributed by atoms with Gasteiger partial charge in [0.2, 0.25) is 0 Å². The number of aliphatic hydroxyl groups excluding tert-OH is 1. The van der Waals surface area contributed by atoms with Gasteiger partial charge >= 0.3 is 11.4 Å². The van der Waals surface area contributed by atoms with Gasteiger partial charge in [0, 0.05) is 48.4 Å². The van der Waals surface area contributed by atoms with Gasteiger partial charge in [0.25, 0.3) is 11.1 Å². The molecule has 352 valence electrons. The van der Waals surface area contributed by atoms with Crippen molar-refractivity contribution in [1.82, 2.24) is 28.2 Å². The second-order valence-corrected chi connectivity index (χ2v) is 16.2. The van der Waals surface area contributed by atoms with Gasteiger partial charge in [0.05, 0.1) is 23.2 Å². The smallest absolute Gasteiger partial charge is 0.332 e. The number of aldehydes is 1. The molecular weight excluding hydrogens is 921 g/mol. The molecule has 1 atom stereocenters. The second kappa shape index (κ2) is 23.0. The Labute approximate surface area is 397 Å². The molecule has 0 aliphatic rings. The van der Waals surface area contributed by atoms with E-state index >= 15 is 0 Å². The highest BCUT2D eigenvalue weighted by molar-refractivity contribution is 6.30. The average molecular weight is 968 g/mol. The molecule has 1 N–H and O–H groups in total. The molecule has 0 radical (unpaired) electrons. The lowest BCUT2D eigenvalue weighted by Crippen LogP contribution is -2.40. The van der Waals surface area contributed by atoms with Crippen LogP contribution in [0.4, 0.5) is 8.78 Å². The van der Waals surface area contributed by atoms with E-state index in [-0.39, 0.29) is 46.0 Å². The molecule has 8 aromatic rings. The molecule has 4 heterocycles. The van der Waals surface area contributed by atoms with E-state index in [1.165, 1.54) is 81.7 Å². The number of aromatic nitrogens is 6. The molecule has 8 rings (SSSR count). The summed E-state index contributed by atoms with van der Waals surface area (Å²) in [5, 5.41) is 12.9. The average Bonchev–Trinajstić information content (AvgIpc) is 3.34. The van der Waals surface area contributed by atoms with Crippen LogP contribution in [-0.2, 0) is 27.2 Å². The van der Waals surface area contributed by atoms with E-state index in [0.29, 0.717) is 68.7 Å². The number of fused-ring (bicyclic) bond motifs is 2. The molecular formula is C50H46Cl2F2N6O8. The first-order valence-electron chi connectivity index (χ1n) is 21.4. The first kappa shape index (κ1) is 50.1. The van der Waals surface area contributed by atoms with Crippen molar-refractivity contribution in [2.75, 3.05) is 0 Å². The summed E-state index contributed by atoms with van der Waals surface area (Å²) in [4.78, 5) is 70.0. The highest BCUT2D eigenvalue weighted by atomic mass is 35.5. The number of hydrogen-bond acceptors (Lipinski definition) is 10. The lowest BCUT2D eigenvalue weighted by atomic mass is 9.98. The number of aliphatic hydroxyl groups is 1. The first-order valence-corrected chi connectivity index (χ1v) is 22.1. The molecule has 0 saturated carbocycles. The summed E-state index contributed by atoms with van der Waals surface area (Å²) in [7, 11) is 3.13. The summed E-state index contributed by atoms with van der Waals surface area (Å²) in [6.45, 7) is 4.59.